The molecule has 0 aliphatic carbocycles. The number of nitrogens with zero attached hydrogens (tertiary/aromatic N) is 1. The summed E-state index contributed by atoms with van der Waals surface area (Å²) in [6, 6.07) is 7.66. The Kier molecular flexibility index (Phi) is 4.15. The van der Waals surface area contributed by atoms with Gasteiger partial charge in [-0.1, -0.05) is 12.1 Å². The van der Waals surface area contributed by atoms with Crippen molar-refractivity contribution in [2.75, 3.05) is 23.4 Å². The molecule has 2 aromatic carbocycles. The Morgan fingerprint density at radius 1 is 1.12 bits per heavy atom. The second-order valence-electron chi connectivity index (χ2n) is 6.77. The molecule has 2 N–H and O–H groups in total. The highest BCUT2D eigenvalue weighted by molar-refractivity contribution is 5.81. The maximum absolute atomic E-state index is 14.2. The van der Waals surface area contributed by atoms with E-state index >= 15 is 0 Å². The fraction of sp³-hybridized carbons (Fsp3) is 0.333. The van der Waals surface area contributed by atoms with Crippen LogP contribution >= 0.6 is 0 Å². The Morgan fingerprint density at radius 3 is 2.44 bits per heavy atom. The van der Waals surface area contributed by atoms with Crippen molar-refractivity contribution in [3.63, 3.8) is 0 Å². The number of halogens is 4. The minimum absolute atomic E-state index is 0.110. The molecule has 0 bridgehead atoms. The summed E-state index contributed by atoms with van der Waals surface area (Å²) in [4.78, 5) is 1.95. The van der Waals surface area contributed by atoms with Crippen LogP contribution in [0.1, 0.15) is 19.4 Å². The van der Waals surface area contributed by atoms with Crippen molar-refractivity contribution in [1.29, 1.82) is 0 Å². The molecule has 25 heavy (non-hydrogen) atoms. The molecule has 2 aromatic rings. The van der Waals surface area contributed by atoms with E-state index in [9.17, 15) is 22.7 Å². The molecule has 0 saturated heterocycles. The van der Waals surface area contributed by atoms with E-state index in [1.54, 1.807) is 32.0 Å². The van der Waals surface area contributed by atoms with Crippen LogP contribution in [0.25, 0.3) is 11.1 Å². The first-order valence-electron chi connectivity index (χ1n) is 7.77. The van der Waals surface area contributed by atoms with E-state index in [0.29, 0.717) is 24.8 Å². The molecule has 0 atom stereocenters. The lowest BCUT2D eigenvalue weighted by Crippen LogP contribution is -2.38. The average molecular weight is 354 g/mol. The van der Waals surface area contributed by atoms with Gasteiger partial charge < -0.3 is 15.3 Å². The van der Waals surface area contributed by atoms with Crippen LogP contribution in [0, 0.1) is 5.82 Å². The number of alkyl halides is 3. The van der Waals surface area contributed by atoms with Crippen LogP contribution in [-0.2, 0) is 6.18 Å². The first kappa shape index (κ1) is 17.5. The largest absolute Gasteiger partial charge is 0.416 e. The molecule has 3 rings (SSSR count). The first-order chi connectivity index (χ1) is 11.5. The molecule has 1 aliphatic heterocycles. The summed E-state index contributed by atoms with van der Waals surface area (Å²) >= 11 is 0. The highest BCUT2D eigenvalue weighted by Crippen LogP contribution is 2.38. The zero-order chi connectivity index (χ0) is 18.4. The molecule has 0 amide bonds. The number of fused-ring (bicyclic) bond motifs is 1. The molecule has 134 valence electrons. The first-order valence-corrected chi connectivity index (χ1v) is 7.77. The van der Waals surface area contributed by atoms with Gasteiger partial charge in [0.2, 0.25) is 0 Å². The van der Waals surface area contributed by atoms with E-state index < -0.39 is 23.2 Å². The molecule has 0 radical (unpaired) electrons. The fourth-order valence-electron chi connectivity index (χ4n) is 2.92. The normalized spacial score (nSPS) is 14.4. The van der Waals surface area contributed by atoms with Gasteiger partial charge in [0.15, 0.2) is 0 Å². The summed E-state index contributed by atoms with van der Waals surface area (Å²) in [5.74, 6) is -0.916. The second-order valence-corrected chi connectivity index (χ2v) is 6.77. The van der Waals surface area contributed by atoms with Crippen LogP contribution in [0.15, 0.2) is 36.4 Å². The van der Waals surface area contributed by atoms with Crippen LogP contribution in [0.5, 0.6) is 0 Å². The molecule has 3 nitrogen and oxygen atoms in total. The fourth-order valence-corrected chi connectivity index (χ4v) is 2.92. The lowest BCUT2D eigenvalue weighted by atomic mass is 10.0. The van der Waals surface area contributed by atoms with Crippen LogP contribution in [0.3, 0.4) is 0 Å². The zero-order valence-corrected chi connectivity index (χ0v) is 13.8. The Bertz CT molecular complexity index is 797. The smallest absolute Gasteiger partial charge is 0.389 e. The average Bonchev–Trinajstić information content (AvgIpc) is 2.86. The van der Waals surface area contributed by atoms with Gasteiger partial charge in [-0.15, -0.1) is 0 Å². The van der Waals surface area contributed by atoms with Crippen LogP contribution < -0.4 is 10.2 Å². The van der Waals surface area contributed by atoms with Crippen molar-refractivity contribution in [2.24, 2.45) is 0 Å². The van der Waals surface area contributed by atoms with E-state index in [4.69, 9.17) is 0 Å². The van der Waals surface area contributed by atoms with Crippen LogP contribution in [0.2, 0.25) is 0 Å². The summed E-state index contributed by atoms with van der Waals surface area (Å²) in [5, 5.41) is 13.1. The van der Waals surface area contributed by atoms with E-state index in [2.05, 4.69) is 5.32 Å². The quantitative estimate of drug-likeness (QED) is 0.798. The van der Waals surface area contributed by atoms with Crippen molar-refractivity contribution in [3.8, 4) is 11.1 Å². The zero-order valence-electron chi connectivity index (χ0n) is 13.8. The molecule has 0 unspecified atom stereocenters. The number of aliphatic hydroxyl groups is 1. The number of nitrogens with one attached hydrogen (secondary N) is 1. The minimum Gasteiger partial charge on any atom is -0.389 e. The third-order valence-electron chi connectivity index (χ3n) is 3.98. The SMILES string of the molecule is CC(C)(O)CN1CNc2cc(-c3ccc(C(F)(F)F)cc3F)ccc21. The second kappa shape index (κ2) is 5.91. The van der Waals surface area contributed by atoms with Gasteiger partial charge in [0.25, 0.3) is 0 Å². The molecular weight excluding hydrogens is 336 g/mol. The van der Waals surface area contributed by atoms with Gasteiger partial charge >= 0.3 is 6.18 Å². The molecule has 0 fully saturated rings. The Hall–Kier alpha value is -2.28. The lowest BCUT2D eigenvalue weighted by molar-refractivity contribution is -0.137. The number of hydrogen-bond acceptors (Lipinski definition) is 3. The predicted octanol–water partition coefficient (Wildman–Crippen LogP) is 4.47. The van der Waals surface area contributed by atoms with Crippen molar-refractivity contribution in [1.82, 2.24) is 0 Å². The minimum atomic E-state index is -4.57. The molecule has 7 heteroatoms. The van der Waals surface area contributed by atoms with E-state index in [-0.39, 0.29) is 5.56 Å². The maximum atomic E-state index is 14.2. The van der Waals surface area contributed by atoms with Crippen LogP contribution in [0.4, 0.5) is 28.9 Å². The number of rotatable bonds is 3. The van der Waals surface area contributed by atoms with Gasteiger partial charge in [-0.3, -0.25) is 0 Å². The van der Waals surface area contributed by atoms with Gasteiger partial charge in [0.1, 0.15) is 5.82 Å². The van der Waals surface area contributed by atoms with Crippen LogP contribution in [-0.4, -0.2) is 23.9 Å². The number of hydrogen-bond donors (Lipinski definition) is 2. The van der Waals surface area contributed by atoms with E-state index in [0.717, 1.165) is 23.5 Å². The summed E-state index contributed by atoms with van der Waals surface area (Å²) in [6.07, 6.45) is -4.57. The van der Waals surface area contributed by atoms with Gasteiger partial charge in [-0.05, 0) is 43.7 Å². The molecule has 1 aliphatic rings. The maximum Gasteiger partial charge on any atom is 0.416 e. The summed E-state index contributed by atoms with van der Waals surface area (Å²) in [7, 11) is 0. The Balaban J connectivity index is 1.91. The Morgan fingerprint density at radius 2 is 1.84 bits per heavy atom. The highest BCUT2D eigenvalue weighted by Gasteiger charge is 2.31. The van der Waals surface area contributed by atoms with E-state index in [1.807, 2.05) is 4.90 Å². The van der Waals surface area contributed by atoms with Gasteiger partial charge in [-0.25, -0.2) is 4.39 Å². The monoisotopic (exact) mass is 354 g/mol. The summed E-state index contributed by atoms with van der Waals surface area (Å²) < 4.78 is 52.1. The third kappa shape index (κ3) is 3.71. The predicted molar refractivity (Wildman–Crippen MR) is 89.0 cm³/mol. The summed E-state index contributed by atoms with van der Waals surface area (Å²) in [6.45, 7) is 4.33. The van der Waals surface area contributed by atoms with Gasteiger partial charge in [-0.2, -0.15) is 13.2 Å². The number of anilines is 2. The summed E-state index contributed by atoms with van der Waals surface area (Å²) in [5.41, 5.74) is 0.325. The molecular formula is C18H18F4N2O. The van der Waals surface area contributed by atoms with Gasteiger partial charge in [0, 0.05) is 12.1 Å². The molecule has 0 aromatic heterocycles. The highest BCUT2D eigenvalue weighted by atomic mass is 19.4. The van der Waals surface area contributed by atoms with Crippen molar-refractivity contribution in [2.45, 2.75) is 25.6 Å². The molecule has 0 saturated carbocycles. The van der Waals surface area contributed by atoms with E-state index in [1.165, 1.54) is 0 Å². The third-order valence-corrected chi connectivity index (χ3v) is 3.98. The standard InChI is InChI=1S/C18H18F4N2O/c1-17(2,25)9-24-10-23-15-7-11(3-6-16(15)24)13-5-4-12(8-14(13)19)18(20,21)22/h3-8,23,25H,9-10H2,1-2H3. The van der Waals surface area contributed by atoms with Crippen molar-refractivity contribution >= 4 is 11.4 Å². The number of benzene rings is 2. The topological polar surface area (TPSA) is 35.5 Å². The number of β-amino-alcohol motifs (C(OH)–C–C–N with tert-alkyl or cyclic N) is 1. The van der Waals surface area contributed by atoms with Crippen molar-refractivity contribution < 1.29 is 22.7 Å². The lowest BCUT2D eigenvalue weighted by Gasteiger charge is -2.26. The van der Waals surface area contributed by atoms with Gasteiger partial charge in [0.05, 0.1) is 29.2 Å². The molecule has 1 heterocycles. The Labute approximate surface area is 142 Å². The van der Waals surface area contributed by atoms with Crippen molar-refractivity contribution in [3.05, 3.63) is 47.8 Å². The molecule has 0 spiro atoms.